The molecule has 1 saturated carbocycles. The zero-order valence-corrected chi connectivity index (χ0v) is 18.9. The summed E-state index contributed by atoms with van der Waals surface area (Å²) in [7, 11) is -1.83. The number of likely N-dealkylation sites (tertiary alicyclic amines) is 1. The average molecular weight is 388 g/mol. The highest BCUT2D eigenvalue weighted by molar-refractivity contribution is 6.74. The summed E-state index contributed by atoms with van der Waals surface area (Å²) in [6.07, 6.45) is 5.89. The number of nitrogens with zero attached hydrogens (tertiary/aromatic N) is 1. The second-order valence-electron chi connectivity index (χ2n) is 10.2. The van der Waals surface area contributed by atoms with E-state index >= 15 is 0 Å². The van der Waals surface area contributed by atoms with Gasteiger partial charge in [0.1, 0.15) is 5.75 Å². The first-order valence-electron chi connectivity index (χ1n) is 10.7. The fourth-order valence-corrected chi connectivity index (χ4v) is 4.61. The van der Waals surface area contributed by atoms with E-state index in [9.17, 15) is 4.79 Å². The zero-order valence-electron chi connectivity index (χ0n) is 17.9. The number of ketones is 1. The van der Waals surface area contributed by atoms with Crippen molar-refractivity contribution in [3.8, 4) is 5.75 Å². The van der Waals surface area contributed by atoms with Crippen molar-refractivity contribution < 1.29 is 9.22 Å². The van der Waals surface area contributed by atoms with Gasteiger partial charge in [0.2, 0.25) is 8.32 Å². The molecule has 0 bridgehead atoms. The van der Waals surface area contributed by atoms with Gasteiger partial charge in [-0.05, 0) is 93.0 Å². The van der Waals surface area contributed by atoms with Gasteiger partial charge in [-0.15, -0.1) is 0 Å². The summed E-state index contributed by atoms with van der Waals surface area (Å²) in [6, 6.07) is 7.86. The summed E-state index contributed by atoms with van der Waals surface area (Å²) in [5, 5.41) is 0.176. The highest BCUT2D eigenvalue weighted by atomic mass is 28.4. The summed E-state index contributed by atoms with van der Waals surface area (Å²) in [5.74, 6) is 2.70. The second-order valence-corrected chi connectivity index (χ2v) is 14.9. The minimum absolute atomic E-state index is 0.176. The predicted molar refractivity (Wildman–Crippen MR) is 115 cm³/mol. The predicted octanol–water partition coefficient (Wildman–Crippen LogP) is 5.77. The van der Waals surface area contributed by atoms with Crippen LogP contribution in [0.4, 0.5) is 0 Å². The normalized spacial score (nSPS) is 19.9. The number of hydrogen-bond acceptors (Lipinski definition) is 3. The molecule has 0 spiro atoms. The van der Waals surface area contributed by atoms with E-state index in [1.165, 1.54) is 45.3 Å². The Hall–Kier alpha value is -1.13. The lowest BCUT2D eigenvalue weighted by Gasteiger charge is -2.36. The Labute approximate surface area is 166 Å². The molecule has 2 fully saturated rings. The Morgan fingerprint density at radius 3 is 2.15 bits per heavy atom. The SMILES string of the molecule is CC(C)(C)[Si](C)(C)Oc1ccc(C(=O)CC2CCN(CC3CC3)CC2)cc1. The first-order chi connectivity index (χ1) is 12.6. The summed E-state index contributed by atoms with van der Waals surface area (Å²) in [5.41, 5.74) is 0.831. The molecule has 4 heteroatoms. The van der Waals surface area contributed by atoms with E-state index in [1.807, 2.05) is 24.3 Å². The number of carbonyl (C=O) groups excluding carboxylic acids is 1. The summed E-state index contributed by atoms with van der Waals surface area (Å²) < 4.78 is 6.32. The lowest BCUT2D eigenvalue weighted by atomic mass is 9.90. The van der Waals surface area contributed by atoms with Crippen molar-refractivity contribution >= 4 is 14.1 Å². The van der Waals surface area contributed by atoms with Crippen LogP contribution in [0.1, 0.15) is 63.2 Å². The minimum atomic E-state index is -1.83. The van der Waals surface area contributed by atoms with Gasteiger partial charge < -0.3 is 9.33 Å². The van der Waals surface area contributed by atoms with E-state index in [2.05, 4.69) is 38.8 Å². The van der Waals surface area contributed by atoms with Gasteiger partial charge in [-0.2, -0.15) is 0 Å². The van der Waals surface area contributed by atoms with Gasteiger partial charge in [-0.1, -0.05) is 20.8 Å². The first-order valence-corrected chi connectivity index (χ1v) is 13.6. The molecule has 1 aliphatic carbocycles. The molecule has 2 aliphatic rings. The maximum Gasteiger partial charge on any atom is 0.250 e. The van der Waals surface area contributed by atoms with Gasteiger partial charge in [0.05, 0.1) is 0 Å². The fraction of sp³-hybridized carbons (Fsp3) is 0.696. The van der Waals surface area contributed by atoms with Crippen molar-refractivity contribution in [2.24, 2.45) is 11.8 Å². The van der Waals surface area contributed by atoms with Crippen LogP contribution >= 0.6 is 0 Å². The number of benzene rings is 1. The van der Waals surface area contributed by atoms with Gasteiger partial charge in [0.25, 0.3) is 0 Å². The van der Waals surface area contributed by atoms with Gasteiger partial charge >= 0.3 is 0 Å². The van der Waals surface area contributed by atoms with Crippen LogP contribution in [0.2, 0.25) is 18.1 Å². The molecule has 0 radical (unpaired) electrons. The van der Waals surface area contributed by atoms with E-state index < -0.39 is 8.32 Å². The second kappa shape index (κ2) is 8.08. The van der Waals surface area contributed by atoms with Crippen molar-refractivity contribution in [2.75, 3.05) is 19.6 Å². The minimum Gasteiger partial charge on any atom is -0.544 e. The Morgan fingerprint density at radius 1 is 1.04 bits per heavy atom. The molecule has 1 aromatic carbocycles. The molecule has 0 atom stereocenters. The highest BCUT2D eigenvalue weighted by Crippen LogP contribution is 2.37. The summed E-state index contributed by atoms with van der Waals surface area (Å²) in [4.78, 5) is 15.3. The van der Waals surface area contributed by atoms with Crippen molar-refractivity contribution in [2.45, 2.75) is 71.0 Å². The van der Waals surface area contributed by atoms with E-state index in [0.29, 0.717) is 12.3 Å². The molecule has 3 nitrogen and oxygen atoms in total. The Balaban J connectivity index is 1.49. The number of rotatable bonds is 7. The number of piperidine rings is 1. The quantitative estimate of drug-likeness (QED) is 0.440. The monoisotopic (exact) mass is 387 g/mol. The molecular weight excluding hydrogens is 350 g/mol. The molecule has 0 N–H and O–H groups in total. The van der Waals surface area contributed by atoms with Crippen molar-refractivity contribution in [1.29, 1.82) is 0 Å². The molecule has 3 rings (SSSR count). The van der Waals surface area contributed by atoms with Gasteiger partial charge in [0.15, 0.2) is 5.78 Å². The molecule has 0 unspecified atom stereocenters. The Bertz CT molecular complexity index is 635. The van der Waals surface area contributed by atoms with Crippen LogP contribution in [0.25, 0.3) is 0 Å². The molecule has 0 amide bonds. The van der Waals surface area contributed by atoms with Crippen molar-refractivity contribution in [3.63, 3.8) is 0 Å². The van der Waals surface area contributed by atoms with Crippen molar-refractivity contribution in [3.05, 3.63) is 29.8 Å². The smallest absolute Gasteiger partial charge is 0.250 e. The fourth-order valence-electron chi connectivity index (χ4n) is 3.58. The maximum atomic E-state index is 12.7. The standard InChI is InChI=1S/C23H37NO2Si/c1-23(2,3)27(4,5)26-21-10-8-20(9-11-21)22(25)16-18-12-14-24(15-13-18)17-19-6-7-19/h8-11,18-19H,6-7,12-17H2,1-5H3. The third-order valence-corrected chi connectivity index (χ3v) is 11.1. The van der Waals surface area contributed by atoms with Crippen LogP contribution in [-0.4, -0.2) is 38.6 Å². The molecular formula is C23H37NO2Si. The van der Waals surface area contributed by atoms with Crippen molar-refractivity contribution in [1.82, 2.24) is 4.90 Å². The molecule has 0 aromatic heterocycles. The Morgan fingerprint density at radius 2 is 1.63 bits per heavy atom. The van der Waals surface area contributed by atoms with Crippen LogP contribution in [0, 0.1) is 11.8 Å². The summed E-state index contributed by atoms with van der Waals surface area (Å²) in [6.45, 7) is 14.9. The molecule has 1 aliphatic heterocycles. The summed E-state index contributed by atoms with van der Waals surface area (Å²) >= 11 is 0. The first kappa shape index (κ1) is 20.6. The number of carbonyl (C=O) groups is 1. The van der Waals surface area contributed by atoms with E-state index in [4.69, 9.17) is 4.43 Å². The largest absolute Gasteiger partial charge is 0.544 e. The highest BCUT2D eigenvalue weighted by Gasteiger charge is 2.39. The number of hydrogen-bond donors (Lipinski definition) is 0. The molecule has 27 heavy (non-hydrogen) atoms. The molecule has 1 heterocycles. The van der Waals surface area contributed by atoms with Crippen LogP contribution in [0.15, 0.2) is 24.3 Å². The molecule has 150 valence electrons. The van der Waals surface area contributed by atoms with Crippen LogP contribution in [0.3, 0.4) is 0 Å². The zero-order chi connectivity index (χ0) is 19.7. The van der Waals surface area contributed by atoms with E-state index in [0.717, 1.165) is 17.2 Å². The lowest BCUT2D eigenvalue weighted by molar-refractivity contribution is 0.0926. The molecule has 1 aromatic rings. The molecule has 1 saturated heterocycles. The van der Waals surface area contributed by atoms with Crippen LogP contribution in [0.5, 0.6) is 5.75 Å². The van der Waals surface area contributed by atoms with Gasteiger partial charge in [-0.25, -0.2) is 0 Å². The van der Waals surface area contributed by atoms with E-state index in [1.54, 1.807) is 0 Å². The van der Waals surface area contributed by atoms with Gasteiger partial charge in [-0.3, -0.25) is 4.79 Å². The average Bonchev–Trinajstić information content (AvgIpc) is 3.40. The van der Waals surface area contributed by atoms with E-state index in [-0.39, 0.29) is 10.8 Å². The number of Topliss-reactive ketones (excluding diaryl/α,β-unsaturated/α-hetero) is 1. The topological polar surface area (TPSA) is 29.5 Å². The lowest BCUT2D eigenvalue weighted by Crippen LogP contribution is -2.43. The van der Waals surface area contributed by atoms with Crippen LogP contribution in [-0.2, 0) is 0 Å². The maximum absolute atomic E-state index is 12.7. The third kappa shape index (κ3) is 5.67. The third-order valence-electron chi connectivity index (χ3n) is 6.75. The van der Waals surface area contributed by atoms with Gasteiger partial charge in [0, 0.05) is 18.5 Å². The van der Waals surface area contributed by atoms with Crippen LogP contribution < -0.4 is 4.43 Å². The Kier molecular flexibility index (Phi) is 6.16.